The molecule has 0 radical (unpaired) electrons. The second-order valence-corrected chi connectivity index (χ2v) is 4.26. The van der Waals surface area contributed by atoms with Crippen molar-refractivity contribution >= 4 is 17.4 Å². The summed E-state index contributed by atoms with van der Waals surface area (Å²) in [5.74, 6) is -0.0350. The van der Waals surface area contributed by atoms with Crippen LogP contribution in [0.3, 0.4) is 0 Å². The van der Waals surface area contributed by atoms with Gasteiger partial charge in [-0.1, -0.05) is 30.3 Å². The Morgan fingerprint density at radius 1 is 1.35 bits per heavy atom. The third-order valence-corrected chi connectivity index (χ3v) is 3.06. The molecular weight excluding hydrogens is 236 g/mol. The van der Waals surface area contributed by atoms with Crippen LogP contribution in [0.25, 0.3) is 0 Å². The average molecular weight is 249 g/mol. The Morgan fingerprint density at radius 2 is 2.00 bits per heavy atom. The van der Waals surface area contributed by atoms with E-state index in [1.165, 1.54) is 13.1 Å². The van der Waals surface area contributed by atoms with Crippen molar-refractivity contribution in [2.45, 2.75) is 19.9 Å². The lowest BCUT2D eigenvalue weighted by Crippen LogP contribution is -2.12. The maximum absolute atomic E-state index is 11.5. The molecule has 1 aromatic carbocycles. The molecule has 0 aliphatic carbocycles. The third kappa shape index (κ3) is 2.24. The number of aromatic nitrogens is 2. The molecule has 1 aromatic heterocycles. The summed E-state index contributed by atoms with van der Waals surface area (Å²) in [5, 5.41) is 0.339. The van der Waals surface area contributed by atoms with Crippen molar-refractivity contribution < 1.29 is 4.79 Å². The zero-order chi connectivity index (χ0) is 12.4. The number of benzene rings is 1. The fourth-order valence-electron chi connectivity index (χ4n) is 1.85. The van der Waals surface area contributed by atoms with Gasteiger partial charge in [-0.15, -0.1) is 0 Å². The zero-order valence-corrected chi connectivity index (χ0v) is 10.5. The van der Waals surface area contributed by atoms with Gasteiger partial charge < -0.3 is 4.57 Å². The molecule has 2 rings (SSSR count). The van der Waals surface area contributed by atoms with Gasteiger partial charge in [0.1, 0.15) is 5.69 Å². The first-order valence-electron chi connectivity index (χ1n) is 5.40. The normalized spacial score (nSPS) is 12.4. The molecule has 4 heteroatoms. The minimum Gasteiger partial charge on any atom is -0.305 e. The fraction of sp³-hybridized carbons (Fsp3) is 0.231. The lowest BCUT2D eigenvalue weighted by atomic mass is 10.1. The van der Waals surface area contributed by atoms with Crippen LogP contribution in [-0.4, -0.2) is 15.3 Å². The van der Waals surface area contributed by atoms with E-state index < -0.39 is 0 Å². The van der Waals surface area contributed by atoms with Gasteiger partial charge in [0.25, 0.3) is 0 Å². The van der Waals surface area contributed by atoms with Gasteiger partial charge in [-0.2, -0.15) is 0 Å². The second kappa shape index (κ2) is 4.72. The highest BCUT2D eigenvalue weighted by Gasteiger charge is 2.18. The summed E-state index contributed by atoms with van der Waals surface area (Å²) in [5.41, 5.74) is 1.63. The molecular formula is C13H13ClN2O. The molecule has 1 heterocycles. The van der Waals surface area contributed by atoms with Crippen molar-refractivity contribution in [1.29, 1.82) is 0 Å². The molecule has 0 fully saturated rings. The predicted octanol–water partition coefficient (Wildman–Crippen LogP) is 3.35. The quantitative estimate of drug-likeness (QED) is 0.781. The Bertz CT molecular complexity index is 534. The topological polar surface area (TPSA) is 34.9 Å². The number of Topliss-reactive ketones (excluding diaryl/α,β-unsaturated/α-hetero) is 1. The standard InChI is InChI=1S/C13H13ClN2O/c1-9(11-6-4-3-5-7-11)16-12(10(2)17)8-15-13(16)14/h3-9H,1-2H3. The zero-order valence-electron chi connectivity index (χ0n) is 9.72. The highest BCUT2D eigenvalue weighted by atomic mass is 35.5. The van der Waals surface area contributed by atoms with Crippen LogP contribution in [0.4, 0.5) is 0 Å². The molecule has 0 aliphatic heterocycles. The van der Waals surface area contributed by atoms with Crippen LogP contribution in [0.2, 0.25) is 5.28 Å². The van der Waals surface area contributed by atoms with Crippen molar-refractivity contribution in [3.8, 4) is 0 Å². The van der Waals surface area contributed by atoms with E-state index in [1.807, 2.05) is 37.3 Å². The molecule has 0 saturated carbocycles. The summed E-state index contributed by atoms with van der Waals surface area (Å²) in [7, 11) is 0. The molecule has 0 bridgehead atoms. The van der Waals surface area contributed by atoms with Crippen LogP contribution in [0.15, 0.2) is 36.5 Å². The van der Waals surface area contributed by atoms with Gasteiger partial charge in [-0.3, -0.25) is 4.79 Å². The van der Waals surface area contributed by atoms with Gasteiger partial charge >= 0.3 is 0 Å². The van der Waals surface area contributed by atoms with Gasteiger partial charge in [-0.25, -0.2) is 4.98 Å². The largest absolute Gasteiger partial charge is 0.305 e. The maximum Gasteiger partial charge on any atom is 0.203 e. The van der Waals surface area contributed by atoms with E-state index in [2.05, 4.69) is 4.98 Å². The van der Waals surface area contributed by atoms with Crippen LogP contribution >= 0.6 is 11.6 Å². The van der Waals surface area contributed by atoms with Crippen LogP contribution < -0.4 is 0 Å². The summed E-state index contributed by atoms with van der Waals surface area (Å²) in [6, 6.07) is 9.88. The molecule has 0 aliphatic rings. The van der Waals surface area contributed by atoms with Crippen LogP contribution in [0, 0.1) is 0 Å². The lowest BCUT2D eigenvalue weighted by Gasteiger charge is -2.16. The molecule has 1 atom stereocenters. The molecule has 0 N–H and O–H groups in total. The minimum atomic E-state index is -0.0350. The number of hydrogen-bond acceptors (Lipinski definition) is 2. The molecule has 88 valence electrons. The number of hydrogen-bond donors (Lipinski definition) is 0. The van der Waals surface area contributed by atoms with Gasteiger partial charge in [0.05, 0.1) is 12.2 Å². The first-order valence-corrected chi connectivity index (χ1v) is 5.77. The molecule has 17 heavy (non-hydrogen) atoms. The van der Waals surface area contributed by atoms with Gasteiger partial charge in [0.15, 0.2) is 5.78 Å². The van der Waals surface area contributed by atoms with Crippen molar-refractivity contribution in [3.05, 3.63) is 53.1 Å². The number of nitrogens with zero attached hydrogens (tertiary/aromatic N) is 2. The number of halogens is 1. The molecule has 3 nitrogen and oxygen atoms in total. The lowest BCUT2D eigenvalue weighted by molar-refractivity contribution is 0.100. The number of ketones is 1. The molecule has 0 saturated heterocycles. The van der Waals surface area contributed by atoms with E-state index in [9.17, 15) is 4.79 Å². The molecule has 0 spiro atoms. The van der Waals surface area contributed by atoms with E-state index in [1.54, 1.807) is 4.57 Å². The van der Waals surface area contributed by atoms with E-state index in [4.69, 9.17) is 11.6 Å². The van der Waals surface area contributed by atoms with Crippen LogP contribution in [0.1, 0.15) is 35.9 Å². The Kier molecular flexibility index (Phi) is 3.29. The van der Waals surface area contributed by atoms with Crippen LogP contribution in [-0.2, 0) is 0 Å². The van der Waals surface area contributed by atoms with Crippen molar-refractivity contribution in [3.63, 3.8) is 0 Å². The predicted molar refractivity (Wildman–Crippen MR) is 67.5 cm³/mol. The van der Waals surface area contributed by atoms with Gasteiger partial charge in [0, 0.05) is 6.92 Å². The number of carbonyl (C=O) groups excluding carboxylic acids is 1. The Morgan fingerprint density at radius 3 is 2.59 bits per heavy atom. The number of rotatable bonds is 3. The summed E-state index contributed by atoms with van der Waals surface area (Å²) in [6.07, 6.45) is 1.52. The first-order chi connectivity index (χ1) is 8.11. The Balaban J connectivity index is 2.47. The first kappa shape index (κ1) is 11.9. The van der Waals surface area contributed by atoms with Crippen molar-refractivity contribution in [1.82, 2.24) is 9.55 Å². The maximum atomic E-state index is 11.5. The number of imidazole rings is 1. The van der Waals surface area contributed by atoms with E-state index in [0.29, 0.717) is 11.0 Å². The summed E-state index contributed by atoms with van der Waals surface area (Å²) in [4.78, 5) is 15.5. The van der Waals surface area contributed by atoms with Crippen molar-refractivity contribution in [2.75, 3.05) is 0 Å². The van der Waals surface area contributed by atoms with Crippen molar-refractivity contribution in [2.24, 2.45) is 0 Å². The smallest absolute Gasteiger partial charge is 0.203 e. The van der Waals surface area contributed by atoms with E-state index in [-0.39, 0.29) is 11.8 Å². The molecule has 2 aromatic rings. The highest BCUT2D eigenvalue weighted by Crippen LogP contribution is 2.24. The molecule has 0 amide bonds. The monoisotopic (exact) mass is 248 g/mol. The average Bonchev–Trinajstić information content (AvgIpc) is 2.71. The van der Waals surface area contributed by atoms with Gasteiger partial charge in [-0.05, 0) is 24.1 Å². The Labute approximate surface area is 105 Å². The summed E-state index contributed by atoms with van der Waals surface area (Å²) in [6.45, 7) is 3.51. The third-order valence-electron chi connectivity index (χ3n) is 2.78. The van der Waals surface area contributed by atoms with E-state index in [0.717, 1.165) is 5.56 Å². The van der Waals surface area contributed by atoms with Crippen LogP contribution in [0.5, 0.6) is 0 Å². The number of carbonyl (C=O) groups is 1. The summed E-state index contributed by atoms with van der Waals surface area (Å²) >= 11 is 6.03. The SMILES string of the molecule is CC(=O)c1cnc(Cl)n1C(C)c1ccccc1. The summed E-state index contributed by atoms with van der Waals surface area (Å²) < 4.78 is 1.75. The fourth-order valence-corrected chi connectivity index (χ4v) is 2.13. The second-order valence-electron chi connectivity index (χ2n) is 3.93. The van der Waals surface area contributed by atoms with E-state index >= 15 is 0 Å². The minimum absolute atomic E-state index is 0.00917. The highest BCUT2D eigenvalue weighted by molar-refractivity contribution is 6.28. The van der Waals surface area contributed by atoms with Gasteiger partial charge in [0.2, 0.25) is 5.28 Å². The molecule has 1 unspecified atom stereocenters. The Hall–Kier alpha value is -1.61.